The Morgan fingerprint density at radius 1 is 1.27 bits per heavy atom. The molecule has 0 aliphatic carbocycles. The summed E-state index contributed by atoms with van der Waals surface area (Å²) in [4.78, 5) is 71.2. The molecule has 2 aliphatic rings. The fourth-order valence-electron chi connectivity index (χ4n) is 3.99. The average Bonchev–Trinajstić information content (AvgIpc) is 3.43. The highest BCUT2D eigenvalue weighted by Crippen LogP contribution is 2.41. The van der Waals surface area contributed by atoms with Crippen LogP contribution in [0.15, 0.2) is 39.0 Å². The highest BCUT2D eigenvalue weighted by molar-refractivity contribution is 8.01. The van der Waals surface area contributed by atoms with Crippen LogP contribution in [-0.4, -0.2) is 96.8 Å². The number of aromatic nitrogens is 3. The number of nitrogens with one attached hydrogen (secondary N) is 3. The third-order valence-corrected chi connectivity index (χ3v) is 9.22. The lowest BCUT2D eigenvalue weighted by Crippen LogP contribution is -2.71. The van der Waals surface area contributed by atoms with Gasteiger partial charge in [0.25, 0.3) is 11.8 Å². The van der Waals surface area contributed by atoms with E-state index in [9.17, 15) is 29.1 Å². The Kier molecular flexibility index (Phi) is 10.4. The first kappa shape index (κ1) is 32.7. The SMILES string of the molecule is CON=C(C(=O)NC1C(=O)N2C(C(=O)O)=C(CSc3nnc(CNC(=O)OC(C)(C)C)s3)CS[C@H]12)c1cccc(NC=O)n1. The van der Waals surface area contributed by atoms with Crippen LogP contribution in [0, 0.1) is 0 Å². The number of β-lactam (4-membered cyclic amide) rings is 1. The standard InChI is InChI=1S/C25H28N8O8S3/c1-25(2,3)41-23(39)26-8-15-30-31-24(44-15)43-10-12-9-42-21-17(20(36)33(21)18(12)22(37)38)29-19(35)16(32-40-4)13-6-5-7-14(28-13)27-11-34/h5-7,11,17,21H,8-10H2,1-4H3,(H,26,39)(H,29,35)(H,37,38)(H,27,28,34)/t17?,21-/m1/s1. The number of oxime groups is 1. The van der Waals surface area contributed by atoms with Crippen molar-refractivity contribution in [2.45, 2.75) is 48.7 Å². The molecule has 1 fully saturated rings. The minimum absolute atomic E-state index is 0.0852. The number of ether oxygens (including phenoxy) is 1. The summed E-state index contributed by atoms with van der Waals surface area (Å²) < 4.78 is 5.76. The maximum atomic E-state index is 13.1. The Morgan fingerprint density at radius 3 is 2.73 bits per heavy atom. The first-order chi connectivity index (χ1) is 20.9. The van der Waals surface area contributed by atoms with E-state index in [-0.39, 0.29) is 35.2 Å². The molecule has 44 heavy (non-hydrogen) atoms. The number of carboxylic acids is 1. The van der Waals surface area contributed by atoms with Crippen molar-refractivity contribution in [3.8, 4) is 0 Å². The molecule has 2 aromatic heterocycles. The van der Waals surface area contributed by atoms with Gasteiger partial charge in [0.15, 0.2) is 10.1 Å². The van der Waals surface area contributed by atoms with E-state index in [1.165, 1.54) is 54.1 Å². The van der Waals surface area contributed by atoms with Crippen molar-refractivity contribution in [2.24, 2.45) is 5.16 Å². The van der Waals surface area contributed by atoms with E-state index in [1.807, 2.05) is 0 Å². The molecule has 2 aliphatic heterocycles. The van der Waals surface area contributed by atoms with Gasteiger partial charge in [-0.1, -0.05) is 34.3 Å². The largest absolute Gasteiger partial charge is 0.477 e. The number of alkyl carbamates (subject to hydrolysis) is 1. The van der Waals surface area contributed by atoms with Crippen molar-refractivity contribution in [1.82, 2.24) is 30.7 Å². The van der Waals surface area contributed by atoms with Crippen LogP contribution in [0.4, 0.5) is 10.6 Å². The van der Waals surface area contributed by atoms with Crippen LogP contribution in [0.3, 0.4) is 0 Å². The topological polar surface area (TPSA) is 214 Å². The number of carbonyl (C=O) groups is 5. The van der Waals surface area contributed by atoms with Gasteiger partial charge in [-0.3, -0.25) is 19.3 Å². The molecule has 2 aromatic rings. The number of carboxylic acid groups (broad SMARTS) is 1. The van der Waals surface area contributed by atoms with Gasteiger partial charge in [-0.25, -0.2) is 14.6 Å². The predicted molar refractivity (Wildman–Crippen MR) is 161 cm³/mol. The Hall–Kier alpha value is -4.23. The first-order valence-electron chi connectivity index (χ1n) is 12.8. The summed E-state index contributed by atoms with van der Waals surface area (Å²) >= 11 is 3.81. The number of fused-ring (bicyclic) bond motifs is 1. The van der Waals surface area contributed by atoms with Crippen LogP contribution in [-0.2, 0) is 35.3 Å². The number of hydrogen-bond donors (Lipinski definition) is 4. The smallest absolute Gasteiger partial charge is 0.408 e. The van der Waals surface area contributed by atoms with Crippen molar-refractivity contribution >= 4 is 76.7 Å². The third kappa shape index (κ3) is 7.83. The number of pyridine rings is 1. The van der Waals surface area contributed by atoms with Gasteiger partial charge < -0.3 is 30.6 Å². The summed E-state index contributed by atoms with van der Waals surface area (Å²) in [5.74, 6) is -1.93. The van der Waals surface area contributed by atoms with E-state index in [0.717, 1.165) is 4.90 Å². The van der Waals surface area contributed by atoms with Gasteiger partial charge in [0.1, 0.15) is 46.3 Å². The average molecular weight is 665 g/mol. The molecule has 0 spiro atoms. The number of hydrogen-bond acceptors (Lipinski definition) is 14. The van der Waals surface area contributed by atoms with Crippen molar-refractivity contribution < 1.29 is 38.7 Å². The number of anilines is 1. The summed E-state index contributed by atoms with van der Waals surface area (Å²) in [7, 11) is 1.24. The molecule has 0 bridgehead atoms. The molecule has 4 N–H and O–H groups in total. The Morgan fingerprint density at radius 2 is 2.05 bits per heavy atom. The van der Waals surface area contributed by atoms with Crippen LogP contribution < -0.4 is 16.0 Å². The molecular weight excluding hydrogens is 637 g/mol. The number of carbonyl (C=O) groups excluding carboxylic acids is 4. The van der Waals surface area contributed by atoms with Gasteiger partial charge in [0.2, 0.25) is 6.41 Å². The molecule has 1 unspecified atom stereocenters. The molecule has 234 valence electrons. The van der Waals surface area contributed by atoms with Crippen molar-refractivity contribution in [3.63, 3.8) is 0 Å². The maximum Gasteiger partial charge on any atom is 0.408 e. The molecule has 19 heteroatoms. The molecule has 0 aromatic carbocycles. The van der Waals surface area contributed by atoms with Crippen LogP contribution in [0.2, 0.25) is 0 Å². The zero-order chi connectivity index (χ0) is 32.0. The summed E-state index contributed by atoms with van der Waals surface area (Å²) in [5, 5.41) is 29.3. The monoisotopic (exact) mass is 664 g/mol. The van der Waals surface area contributed by atoms with Gasteiger partial charge in [-0.15, -0.1) is 22.0 Å². The Balaban J connectivity index is 1.40. The lowest BCUT2D eigenvalue weighted by Gasteiger charge is -2.49. The van der Waals surface area contributed by atoms with Gasteiger partial charge in [-0.05, 0) is 38.5 Å². The molecule has 16 nitrogen and oxygen atoms in total. The molecular formula is C25H28N8O8S3. The second kappa shape index (κ2) is 14.0. The van der Waals surface area contributed by atoms with Crippen LogP contribution >= 0.6 is 34.9 Å². The van der Waals surface area contributed by atoms with E-state index in [1.54, 1.807) is 26.8 Å². The van der Waals surface area contributed by atoms with Crippen LogP contribution in [0.1, 0.15) is 31.5 Å². The summed E-state index contributed by atoms with van der Waals surface area (Å²) in [6.45, 7) is 5.39. The molecule has 4 rings (SSSR count). The zero-order valence-corrected chi connectivity index (χ0v) is 26.3. The van der Waals surface area contributed by atoms with Crippen LogP contribution in [0.25, 0.3) is 0 Å². The lowest BCUT2D eigenvalue weighted by atomic mass is 10.0. The molecule has 2 atom stereocenters. The van der Waals surface area contributed by atoms with Crippen molar-refractivity contribution in [3.05, 3.63) is 40.2 Å². The highest BCUT2D eigenvalue weighted by Gasteiger charge is 2.54. The first-order valence-corrected chi connectivity index (χ1v) is 15.7. The second-order valence-electron chi connectivity index (χ2n) is 10.0. The molecule has 0 radical (unpaired) electrons. The van der Waals surface area contributed by atoms with Gasteiger partial charge >= 0.3 is 12.1 Å². The summed E-state index contributed by atoms with van der Waals surface area (Å²) in [6.07, 6.45) is -0.153. The van der Waals surface area contributed by atoms with Gasteiger partial charge in [-0.2, -0.15) is 0 Å². The molecule has 4 heterocycles. The third-order valence-electron chi connectivity index (χ3n) is 5.73. The second-order valence-corrected chi connectivity index (χ2v) is 13.4. The zero-order valence-electron chi connectivity index (χ0n) is 23.9. The highest BCUT2D eigenvalue weighted by atomic mass is 32.2. The number of thioether (sulfide) groups is 2. The Bertz CT molecular complexity index is 1520. The quantitative estimate of drug-likeness (QED) is 0.0831. The van der Waals surface area contributed by atoms with Gasteiger partial charge in [0, 0.05) is 11.5 Å². The molecule has 1 saturated heterocycles. The normalized spacial score (nSPS) is 18.1. The number of nitrogens with zero attached hydrogens (tertiary/aromatic N) is 5. The fraction of sp³-hybridized carbons (Fsp3) is 0.400. The minimum atomic E-state index is -1.27. The number of aliphatic carboxylic acids is 1. The maximum absolute atomic E-state index is 13.1. The Labute approximate surface area is 263 Å². The van der Waals surface area contributed by atoms with E-state index in [2.05, 4.69) is 36.3 Å². The predicted octanol–water partition coefficient (Wildman–Crippen LogP) is 1.41. The molecule has 0 saturated carbocycles. The van der Waals surface area contributed by atoms with Gasteiger partial charge in [0.05, 0.1) is 6.54 Å². The van der Waals surface area contributed by atoms with Crippen molar-refractivity contribution in [2.75, 3.05) is 23.9 Å². The van der Waals surface area contributed by atoms with E-state index in [0.29, 0.717) is 27.1 Å². The van der Waals surface area contributed by atoms with Crippen molar-refractivity contribution in [1.29, 1.82) is 0 Å². The summed E-state index contributed by atoms with van der Waals surface area (Å²) in [6, 6.07) is 3.52. The fourth-order valence-corrected chi connectivity index (χ4v) is 7.31. The van der Waals surface area contributed by atoms with E-state index in [4.69, 9.17) is 9.57 Å². The lowest BCUT2D eigenvalue weighted by molar-refractivity contribution is -0.150. The number of rotatable bonds is 12. The summed E-state index contributed by atoms with van der Waals surface area (Å²) in [5.41, 5.74) is -0.423. The van der Waals surface area contributed by atoms with Crippen LogP contribution in [0.5, 0.6) is 0 Å². The minimum Gasteiger partial charge on any atom is -0.477 e. The van der Waals surface area contributed by atoms with E-state index < -0.39 is 40.9 Å². The van der Waals surface area contributed by atoms with E-state index >= 15 is 0 Å². The molecule has 4 amide bonds. The number of amides is 4.